The second kappa shape index (κ2) is 9.70. The average Bonchev–Trinajstić information content (AvgIpc) is 3.29. The van der Waals surface area contributed by atoms with Crippen LogP contribution in [0.15, 0.2) is 67.0 Å². The van der Waals surface area contributed by atoms with Gasteiger partial charge in [-0.3, -0.25) is 9.78 Å². The number of amides is 1. The predicted octanol–water partition coefficient (Wildman–Crippen LogP) is 4.49. The van der Waals surface area contributed by atoms with Crippen LogP contribution >= 0.6 is 11.6 Å². The third-order valence-electron chi connectivity index (χ3n) is 5.16. The number of carbonyl (C=O) groups is 1. The molecule has 0 bridgehead atoms. The molecule has 0 spiro atoms. The Labute approximate surface area is 196 Å². The number of rotatable bonds is 7. The van der Waals surface area contributed by atoms with E-state index in [1.165, 1.54) is 0 Å². The van der Waals surface area contributed by atoms with Crippen molar-refractivity contribution in [2.45, 2.75) is 13.0 Å². The lowest BCUT2D eigenvalue weighted by molar-refractivity contribution is 0.0935. The topological polar surface area (TPSA) is 91.2 Å². The summed E-state index contributed by atoms with van der Waals surface area (Å²) < 4.78 is 12.2. The second-order valence-corrected chi connectivity index (χ2v) is 7.61. The number of para-hydroxylation sites is 1. The molecule has 8 nitrogen and oxygen atoms in total. The van der Waals surface area contributed by atoms with E-state index < -0.39 is 0 Å². The predicted molar refractivity (Wildman–Crippen MR) is 125 cm³/mol. The van der Waals surface area contributed by atoms with Crippen molar-refractivity contribution in [3.63, 3.8) is 0 Å². The summed E-state index contributed by atoms with van der Waals surface area (Å²) in [7, 11) is 3.14. The number of aromatic nitrogens is 4. The third kappa shape index (κ3) is 4.51. The Morgan fingerprint density at radius 3 is 2.55 bits per heavy atom. The minimum absolute atomic E-state index is 0.162. The van der Waals surface area contributed by atoms with Crippen molar-refractivity contribution >= 4 is 17.5 Å². The van der Waals surface area contributed by atoms with E-state index in [0.717, 1.165) is 5.56 Å². The van der Waals surface area contributed by atoms with Crippen molar-refractivity contribution in [3.05, 3.63) is 83.3 Å². The van der Waals surface area contributed by atoms with Crippen LogP contribution in [0.1, 0.15) is 29.0 Å². The summed E-state index contributed by atoms with van der Waals surface area (Å²) in [5.74, 6) is 0.813. The first kappa shape index (κ1) is 22.3. The van der Waals surface area contributed by atoms with E-state index in [1.54, 1.807) is 49.5 Å². The Morgan fingerprint density at radius 1 is 1.06 bits per heavy atom. The summed E-state index contributed by atoms with van der Waals surface area (Å²) in [5, 5.41) is 11.9. The number of carbonyl (C=O) groups excluding carboxylic acids is 1. The van der Waals surface area contributed by atoms with Gasteiger partial charge < -0.3 is 14.8 Å². The number of benzene rings is 2. The van der Waals surface area contributed by atoms with Crippen molar-refractivity contribution in [3.8, 4) is 28.4 Å². The van der Waals surface area contributed by atoms with Crippen LogP contribution in [0.25, 0.3) is 16.9 Å². The fraction of sp³-hybridized carbons (Fsp3) is 0.167. The van der Waals surface area contributed by atoms with Gasteiger partial charge >= 0.3 is 0 Å². The second-order valence-electron chi connectivity index (χ2n) is 7.20. The molecule has 168 valence electrons. The molecule has 1 N–H and O–H groups in total. The summed E-state index contributed by atoms with van der Waals surface area (Å²) in [5.41, 5.74) is 2.80. The Balaban J connectivity index is 1.70. The molecule has 0 aliphatic carbocycles. The summed E-state index contributed by atoms with van der Waals surface area (Å²) in [4.78, 5) is 17.5. The van der Waals surface area contributed by atoms with Crippen LogP contribution in [0.2, 0.25) is 5.02 Å². The number of methoxy groups -OCH3 is 2. The van der Waals surface area contributed by atoms with Gasteiger partial charge in [0.15, 0.2) is 17.2 Å². The van der Waals surface area contributed by atoms with Crippen molar-refractivity contribution < 1.29 is 14.3 Å². The zero-order valence-electron chi connectivity index (χ0n) is 18.3. The first-order chi connectivity index (χ1) is 16.0. The lowest BCUT2D eigenvalue weighted by atomic mass is 10.1. The van der Waals surface area contributed by atoms with E-state index in [0.29, 0.717) is 33.5 Å². The van der Waals surface area contributed by atoms with Gasteiger partial charge in [0.2, 0.25) is 0 Å². The van der Waals surface area contributed by atoms with Crippen LogP contribution in [0, 0.1) is 0 Å². The Hall–Kier alpha value is -3.91. The fourth-order valence-electron chi connectivity index (χ4n) is 3.46. The number of pyridine rings is 1. The van der Waals surface area contributed by atoms with E-state index >= 15 is 0 Å². The van der Waals surface area contributed by atoms with Crippen molar-refractivity contribution in [1.29, 1.82) is 0 Å². The molecule has 0 saturated heterocycles. The molecule has 0 radical (unpaired) electrons. The smallest absolute Gasteiger partial charge is 0.274 e. The molecule has 0 unspecified atom stereocenters. The molecule has 0 fully saturated rings. The van der Waals surface area contributed by atoms with Crippen LogP contribution < -0.4 is 14.8 Å². The van der Waals surface area contributed by atoms with Crippen LogP contribution in [0.3, 0.4) is 0 Å². The fourth-order valence-corrected chi connectivity index (χ4v) is 3.68. The maximum absolute atomic E-state index is 13.3. The van der Waals surface area contributed by atoms with E-state index in [4.69, 9.17) is 21.1 Å². The van der Waals surface area contributed by atoms with Gasteiger partial charge in [0.1, 0.15) is 5.69 Å². The monoisotopic (exact) mass is 463 g/mol. The van der Waals surface area contributed by atoms with Gasteiger partial charge in [-0.15, -0.1) is 5.10 Å². The molecule has 0 aliphatic heterocycles. The lowest BCUT2D eigenvalue weighted by Gasteiger charge is -2.16. The van der Waals surface area contributed by atoms with Crippen LogP contribution in [-0.4, -0.2) is 40.1 Å². The minimum Gasteiger partial charge on any atom is -0.493 e. The van der Waals surface area contributed by atoms with E-state index in [9.17, 15) is 4.79 Å². The molecule has 33 heavy (non-hydrogen) atoms. The highest BCUT2D eigenvalue weighted by Crippen LogP contribution is 2.31. The quantitative estimate of drug-likeness (QED) is 0.434. The standard InChI is InChI=1S/C24H22ClN5O3/c1-15(16-10-11-20(32-2)21(13-16)33-3)27-24(31)22-23(17-7-6-12-26-14-17)30(29-28-22)19-9-5-4-8-18(19)25/h4-15H,1-3H3,(H,27,31)/t15-/m0/s1. The maximum atomic E-state index is 13.3. The van der Waals surface area contributed by atoms with E-state index in [1.807, 2.05) is 43.3 Å². The first-order valence-corrected chi connectivity index (χ1v) is 10.5. The molecule has 2 aromatic carbocycles. The Bertz CT molecular complexity index is 1280. The highest BCUT2D eigenvalue weighted by Gasteiger charge is 2.24. The molecular weight excluding hydrogens is 442 g/mol. The molecule has 1 atom stereocenters. The molecule has 0 saturated carbocycles. The van der Waals surface area contributed by atoms with Gasteiger partial charge in [0.05, 0.1) is 31.0 Å². The largest absolute Gasteiger partial charge is 0.493 e. The Kier molecular flexibility index (Phi) is 6.55. The average molecular weight is 464 g/mol. The molecule has 9 heteroatoms. The van der Waals surface area contributed by atoms with Gasteiger partial charge in [-0.2, -0.15) is 0 Å². The molecule has 4 aromatic rings. The summed E-state index contributed by atoms with van der Waals surface area (Å²) >= 11 is 6.40. The number of ether oxygens (including phenoxy) is 2. The molecule has 2 aromatic heterocycles. The molecule has 1 amide bonds. The molecule has 0 aliphatic rings. The Morgan fingerprint density at radius 2 is 1.85 bits per heavy atom. The highest BCUT2D eigenvalue weighted by atomic mass is 35.5. The van der Waals surface area contributed by atoms with Crippen LogP contribution in [0.4, 0.5) is 0 Å². The minimum atomic E-state index is -0.380. The molecule has 4 rings (SSSR count). The zero-order valence-corrected chi connectivity index (χ0v) is 19.1. The summed E-state index contributed by atoms with van der Waals surface area (Å²) in [6.45, 7) is 1.88. The number of halogens is 1. The first-order valence-electron chi connectivity index (χ1n) is 10.2. The van der Waals surface area contributed by atoms with E-state index in [2.05, 4.69) is 20.6 Å². The molecular formula is C24H22ClN5O3. The van der Waals surface area contributed by atoms with E-state index in [-0.39, 0.29) is 17.6 Å². The van der Waals surface area contributed by atoms with Crippen molar-refractivity contribution in [2.24, 2.45) is 0 Å². The number of hydrogen-bond acceptors (Lipinski definition) is 6. The highest BCUT2D eigenvalue weighted by molar-refractivity contribution is 6.32. The molecule has 2 heterocycles. The van der Waals surface area contributed by atoms with Crippen LogP contribution in [-0.2, 0) is 0 Å². The maximum Gasteiger partial charge on any atom is 0.274 e. The van der Waals surface area contributed by atoms with Crippen LogP contribution in [0.5, 0.6) is 11.5 Å². The number of hydrogen-bond donors (Lipinski definition) is 1. The van der Waals surface area contributed by atoms with Gasteiger partial charge in [-0.25, -0.2) is 4.68 Å². The van der Waals surface area contributed by atoms with Gasteiger partial charge in [0, 0.05) is 18.0 Å². The summed E-state index contributed by atoms with van der Waals surface area (Å²) in [6, 6.07) is 16.0. The zero-order chi connectivity index (χ0) is 23.4. The SMILES string of the molecule is COc1ccc([C@H](C)NC(=O)c2nnn(-c3ccccc3Cl)c2-c2cccnc2)cc1OC. The van der Waals surface area contributed by atoms with Gasteiger partial charge in [-0.05, 0) is 48.9 Å². The van der Waals surface area contributed by atoms with Gasteiger partial charge in [-0.1, -0.05) is 35.0 Å². The normalized spacial score (nSPS) is 11.6. The van der Waals surface area contributed by atoms with Crippen molar-refractivity contribution in [2.75, 3.05) is 14.2 Å². The third-order valence-corrected chi connectivity index (χ3v) is 5.48. The van der Waals surface area contributed by atoms with Crippen molar-refractivity contribution in [1.82, 2.24) is 25.3 Å². The number of nitrogens with zero attached hydrogens (tertiary/aromatic N) is 4. The lowest BCUT2D eigenvalue weighted by Crippen LogP contribution is -2.27. The number of nitrogens with one attached hydrogen (secondary N) is 1. The summed E-state index contributed by atoms with van der Waals surface area (Å²) in [6.07, 6.45) is 3.31. The van der Waals surface area contributed by atoms with Gasteiger partial charge in [0.25, 0.3) is 5.91 Å².